The Kier molecular flexibility index (Phi) is 7.45. The summed E-state index contributed by atoms with van der Waals surface area (Å²) in [5.41, 5.74) is 0.472. The van der Waals surface area contributed by atoms with Gasteiger partial charge in [-0.05, 0) is 24.5 Å². The van der Waals surface area contributed by atoms with Crippen molar-refractivity contribution in [1.29, 1.82) is 0 Å². The van der Waals surface area contributed by atoms with E-state index in [9.17, 15) is 9.59 Å². The summed E-state index contributed by atoms with van der Waals surface area (Å²) in [5.74, 6) is 1.20. The molecule has 2 heterocycles. The summed E-state index contributed by atoms with van der Waals surface area (Å²) in [6, 6.07) is 4.79. The van der Waals surface area contributed by atoms with Crippen molar-refractivity contribution in [3.8, 4) is 5.75 Å². The van der Waals surface area contributed by atoms with Crippen LogP contribution in [0.15, 0.2) is 18.2 Å². The molecule has 0 radical (unpaired) electrons. The van der Waals surface area contributed by atoms with Gasteiger partial charge in [0.15, 0.2) is 0 Å². The van der Waals surface area contributed by atoms with E-state index >= 15 is 0 Å². The molecule has 2 atom stereocenters. The molecular weight excluding hydrogens is 404 g/mol. The van der Waals surface area contributed by atoms with E-state index < -0.39 is 0 Å². The van der Waals surface area contributed by atoms with Gasteiger partial charge in [0, 0.05) is 35.8 Å². The van der Waals surface area contributed by atoms with Gasteiger partial charge in [0.2, 0.25) is 5.91 Å². The second-order valence-electron chi connectivity index (χ2n) is 6.84. The van der Waals surface area contributed by atoms with Gasteiger partial charge in [-0.15, -0.1) is 0 Å². The molecule has 0 aliphatic carbocycles. The average Bonchev–Trinajstić information content (AvgIpc) is 3.01. The van der Waals surface area contributed by atoms with E-state index in [-0.39, 0.29) is 30.1 Å². The minimum Gasteiger partial charge on any atom is -0.497 e. The van der Waals surface area contributed by atoms with Crippen molar-refractivity contribution < 1.29 is 23.8 Å². The van der Waals surface area contributed by atoms with Crippen LogP contribution in [0.25, 0.3) is 0 Å². The zero-order valence-electron chi connectivity index (χ0n) is 16.0. The fourth-order valence-corrected chi connectivity index (χ4v) is 3.94. The molecule has 28 heavy (non-hydrogen) atoms. The number of benzene rings is 1. The third-order valence-corrected chi connectivity index (χ3v) is 5.61. The van der Waals surface area contributed by atoms with Crippen molar-refractivity contribution in [2.24, 2.45) is 0 Å². The number of nitrogens with zero attached hydrogens (tertiary/aromatic N) is 1. The van der Waals surface area contributed by atoms with Crippen molar-refractivity contribution in [3.05, 3.63) is 28.8 Å². The molecule has 7 nitrogen and oxygen atoms in total. The Morgan fingerprint density at radius 1 is 1.25 bits per heavy atom. The number of rotatable bonds is 6. The Balaban J connectivity index is 1.56. The third-order valence-electron chi connectivity index (χ3n) is 4.78. The monoisotopic (exact) mass is 428 g/mol. The van der Waals surface area contributed by atoms with Crippen LogP contribution in [0.3, 0.4) is 0 Å². The Morgan fingerprint density at radius 3 is 2.54 bits per heavy atom. The SMILES string of the molecule is COc1cc(Cl)cc(C(=O)N2C[C@@H]3OCC(NC(=O)CCSC)CO[C@H]3C2)c1. The van der Waals surface area contributed by atoms with Crippen LogP contribution in [0.5, 0.6) is 5.75 Å². The molecular formula is C19H25ClN2O5S. The fraction of sp³-hybridized carbons (Fsp3) is 0.579. The average molecular weight is 429 g/mol. The van der Waals surface area contributed by atoms with Gasteiger partial charge < -0.3 is 24.4 Å². The van der Waals surface area contributed by atoms with E-state index in [1.54, 1.807) is 34.9 Å². The number of carbonyl (C=O) groups excluding carboxylic acids is 2. The Labute approximate surface area is 174 Å². The molecule has 3 rings (SSSR count). The van der Waals surface area contributed by atoms with Crippen LogP contribution in [0.1, 0.15) is 16.8 Å². The maximum Gasteiger partial charge on any atom is 0.254 e. The standard InChI is InChI=1S/C19H25ClN2O5S/c1-25-15-6-12(5-13(20)7-15)19(24)22-8-16-17(9-22)27-11-14(10-26-16)21-18(23)3-4-28-2/h5-7,14,16-17H,3-4,8-11H2,1-2H3,(H,21,23)/t16-,17-/m0/s1. The molecule has 1 aromatic carbocycles. The van der Waals surface area contributed by atoms with E-state index in [0.29, 0.717) is 49.1 Å². The number of halogens is 1. The number of fused-ring (bicyclic) bond motifs is 1. The number of amides is 2. The zero-order chi connectivity index (χ0) is 20.1. The van der Waals surface area contributed by atoms with Gasteiger partial charge in [-0.2, -0.15) is 11.8 Å². The normalized spacial score (nSPS) is 22.5. The lowest BCUT2D eigenvalue weighted by atomic mass is 10.2. The van der Waals surface area contributed by atoms with Crippen LogP contribution in [0.4, 0.5) is 0 Å². The van der Waals surface area contributed by atoms with Crippen molar-refractivity contribution in [2.45, 2.75) is 24.7 Å². The predicted octanol–water partition coefficient (Wildman–Crippen LogP) is 1.83. The Bertz CT molecular complexity index is 704. The summed E-state index contributed by atoms with van der Waals surface area (Å²) < 4.78 is 17.1. The highest BCUT2D eigenvalue weighted by molar-refractivity contribution is 7.98. The molecule has 1 N–H and O–H groups in total. The minimum absolute atomic E-state index is 0.00492. The van der Waals surface area contributed by atoms with Crippen LogP contribution in [0.2, 0.25) is 5.02 Å². The minimum atomic E-state index is -0.210. The van der Waals surface area contributed by atoms with Gasteiger partial charge in [-0.25, -0.2) is 0 Å². The lowest BCUT2D eigenvalue weighted by Crippen LogP contribution is -2.41. The van der Waals surface area contributed by atoms with Crippen LogP contribution >= 0.6 is 23.4 Å². The number of ether oxygens (including phenoxy) is 3. The molecule has 0 spiro atoms. The van der Waals surface area contributed by atoms with Crippen molar-refractivity contribution in [3.63, 3.8) is 0 Å². The van der Waals surface area contributed by atoms with Crippen molar-refractivity contribution in [1.82, 2.24) is 10.2 Å². The number of hydrogen-bond acceptors (Lipinski definition) is 6. The van der Waals surface area contributed by atoms with Crippen molar-refractivity contribution >= 4 is 35.2 Å². The highest BCUT2D eigenvalue weighted by Crippen LogP contribution is 2.25. The Hall–Kier alpha value is -1.48. The third kappa shape index (κ3) is 5.31. The molecule has 0 saturated carbocycles. The van der Waals surface area contributed by atoms with E-state index in [0.717, 1.165) is 5.75 Å². The predicted molar refractivity (Wildman–Crippen MR) is 108 cm³/mol. The van der Waals surface area contributed by atoms with Gasteiger partial charge >= 0.3 is 0 Å². The van der Waals surface area contributed by atoms with E-state index in [4.69, 9.17) is 25.8 Å². The van der Waals surface area contributed by atoms with Gasteiger partial charge in [0.05, 0.1) is 26.4 Å². The molecule has 1 aromatic rings. The summed E-state index contributed by atoms with van der Waals surface area (Å²) in [4.78, 5) is 26.5. The van der Waals surface area contributed by atoms with E-state index in [1.165, 1.54) is 7.11 Å². The molecule has 2 aliphatic heterocycles. The van der Waals surface area contributed by atoms with Gasteiger partial charge in [0.1, 0.15) is 18.0 Å². The van der Waals surface area contributed by atoms with Crippen LogP contribution in [0, 0.1) is 0 Å². The molecule has 2 aliphatic rings. The number of nitrogens with one attached hydrogen (secondary N) is 1. The summed E-state index contributed by atoms with van der Waals surface area (Å²) >= 11 is 7.71. The summed E-state index contributed by atoms with van der Waals surface area (Å²) in [7, 11) is 1.53. The molecule has 9 heteroatoms. The number of methoxy groups -OCH3 is 1. The van der Waals surface area contributed by atoms with Crippen LogP contribution in [-0.4, -0.2) is 80.4 Å². The van der Waals surface area contributed by atoms with Crippen LogP contribution < -0.4 is 10.1 Å². The Morgan fingerprint density at radius 2 is 1.93 bits per heavy atom. The number of thioether (sulfide) groups is 1. The van der Waals surface area contributed by atoms with Gasteiger partial charge in [-0.3, -0.25) is 9.59 Å². The lowest BCUT2D eigenvalue weighted by molar-refractivity contribution is -0.122. The lowest BCUT2D eigenvalue weighted by Gasteiger charge is -2.20. The molecule has 2 saturated heterocycles. The first-order chi connectivity index (χ1) is 13.5. The number of carbonyl (C=O) groups is 2. The maximum absolute atomic E-state index is 12.8. The van der Waals surface area contributed by atoms with Gasteiger partial charge in [0.25, 0.3) is 5.91 Å². The highest BCUT2D eigenvalue weighted by atomic mass is 35.5. The smallest absolute Gasteiger partial charge is 0.254 e. The second kappa shape index (κ2) is 9.82. The van der Waals surface area contributed by atoms with Crippen LogP contribution in [-0.2, 0) is 14.3 Å². The molecule has 2 amide bonds. The largest absolute Gasteiger partial charge is 0.497 e. The van der Waals surface area contributed by atoms with E-state index in [2.05, 4.69) is 5.32 Å². The molecule has 0 aromatic heterocycles. The molecule has 0 bridgehead atoms. The molecule has 0 unspecified atom stereocenters. The number of hydrogen-bond donors (Lipinski definition) is 1. The molecule has 2 fully saturated rings. The van der Waals surface area contributed by atoms with Gasteiger partial charge in [-0.1, -0.05) is 11.6 Å². The van der Waals surface area contributed by atoms with E-state index in [1.807, 2.05) is 6.26 Å². The quantitative estimate of drug-likeness (QED) is 0.744. The maximum atomic E-state index is 12.8. The molecule has 154 valence electrons. The first-order valence-electron chi connectivity index (χ1n) is 9.15. The summed E-state index contributed by atoms with van der Waals surface area (Å²) in [6.07, 6.45) is 2.03. The first kappa shape index (κ1) is 21.2. The first-order valence-corrected chi connectivity index (χ1v) is 10.9. The topological polar surface area (TPSA) is 77.1 Å². The highest BCUT2D eigenvalue weighted by Gasteiger charge is 2.39. The fourth-order valence-electron chi connectivity index (χ4n) is 3.32. The van der Waals surface area contributed by atoms with Crippen molar-refractivity contribution in [2.75, 3.05) is 45.4 Å². The number of likely N-dealkylation sites (tertiary alicyclic amines) is 1. The second-order valence-corrected chi connectivity index (χ2v) is 8.26. The summed E-state index contributed by atoms with van der Waals surface area (Å²) in [6.45, 7) is 1.62. The summed E-state index contributed by atoms with van der Waals surface area (Å²) in [5, 5.41) is 3.40. The zero-order valence-corrected chi connectivity index (χ0v) is 17.6.